The number of amides is 2. The molecule has 0 spiro atoms. The first-order valence-corrected chi connectivity index (χ1v) is 15.9. The predicted octanol–water partition coefficient (Wildman–Crippen LogP) is 7.14. The molecular weight excluding hydrogens is 595 g/mol. The molecule has 8 nitrogen and oxygen atoms in total. The van der Waals surface area contributed by atoms with Crippen molar-refractivity contribution in [2.24, 2.45) is 17.3 Å². The van der Waals surface area contributed by atoms with Gasteiger partial charge in [0.05, 0.1) is 18.4 Å². The quantitative estimate of drug-likeness (QED) is 0.172. The van der Waals surface area contributed by atoms with Crippen LogP contribution < -0.4 is 9.96 Å². The Kier molecular flexibility index (Phi) is 7.17. The number of carbonyl (C=O) groups excluding carboxylic acids is 3. The molecule has 232 valence electrons. The van der Waals surface area contributed by atoms with Crippen molar-refractivity contribution in [3.8, 4) is 11.3 Å². The lowest BCUT2D eigenvalue weighted by Gasteiger charge is -2.33. The van der Waals surface area contributed by atoms with Gasteiger partial charge < -0.3 is 9.15 Å². The lowest BCUT2D eigenvalue weighted by Crippen LogP contribution is -2.37. The number of imide groups is 1. The van der Waals surface area contributed by atoms with Gasteiger partial charge in [-0.1, -0.05) is 39.0 Å². The van der Waals surface area contributed by atoms with Gasteiger partial charge in [-0.25, -0.2) is 19.1 Å². The van der Waals surface area contributed by atoms with Gasteiger partial charge in [-0.05, 0) is 84.7 Å². The van der Waals surface area contributed by atoms with Crippen molar-refractivity contribution in [3.63, 3.8) is 0 Å². The highest BCUT2D eigenvalue weighted by Gasteiger charge is 2.62. The predicted molar refractivity (Wildman–Crippen MR) is 167 cm³/mol. The Morgan fingerprint density at radius 1 is 1.00 bits per heavy atom. The van der Waals surface area contributed by atoms with Gasteiger partial charge in [0.1, 0.15) is 34.3 Å². The van der Waals surface area contributed by atoms with Crippen LogP contribution in [0.15, 0.2) is 71.1 Å². The molecule has 2 fully saturated rings. The lowest BCUT2D eigenvalue weighted by atomic mass is 9.72. The van der Waals surface area contributed by atoms with E-state index in [4.69, 9.17) is 14.0 Å². The van der Waals surface area contributed by atoms with Crippen molar-refractivity contribution in [3.05, 3.63) is 94.3 Å². The summed E-state index contributed by atoms with van der Waals surface area (Å²) in [5.41, 5.74) is 2.54. The van der Waals surface area contributed by atoms with Gasteiger partial charge in [-0.2, -0.15) is 0 Å². The standard InChI is InChI=1S/C35H33FN2O6S/c1-35(2,3)20-12-15-23-26(18-20)45-33(27(23)34(41)42-4)37-31(39)28-29(25-17-16-24(43-25)19-10-13-21(36)14-11-19)38(44-30(28)32(37)40)22-8-6-5-7-9-22/h5-11,13-14,16-17,20,28-30H,12,15,18H2,1-4H3. The van der Waals surface area contributed by atoms with E-state index in [1.54, 1.807) is 29.3 Å². The van der Waals surface area contributed by atoms with E-state index in [9.17, 15) is 18.8 Å². The number of halogens is 1. The molecule has 0 N–H and O–H groups in total. The van der Waals surface area contributed by atoms with E-state index >= 15 is 0 Å². The summed E-state index contributed by atoms with van der Waals surface area (Å²) in [6, 6.07) is 17.9. The van der Waals surface area contributed by atoms with E-state index in [1.165, 1.54) is 30.6 Å². The highest BCUT2D eigenvalue weighted by Crippen LogP contribution is 2.52. The van der Waals surface area contributed by atoms with Crippen molar-refractivity contribution >= 4 is 39.8 Å². The van der Waals surface area contributed by atoms with Crippen LogP contribution in [-0.4, -0.2) is 31.0 Å². The van der Waals surface area contributed by atoms with Crippen molar-refractivity contribution in [1.29, 1.82) is 0 Å². The van der Waals surface area contributed by atoms with Crippen LogP contribution in [0.4, 0.5) is 15.1 Å². The highest BCUT2D eigenvalue weighted by molar-refractivity contribution is 7.17. The van der Waals surface area contributed by atoms with Crippen molar-refractivity contribution in [2.45, 2.75) is 52.2 Å². The smallest absolute Gasteiger partial charge is 0.341 e. The van der Waals surface area contributed by atoms with Gasteiger partial charge in [0.25, 0.3) is 5.91 Å². The molecule has 2 aromatic carbocycles. The Morgan fingerprint density at radius 2 is 1.73 bits per heavy atom. The van der Waals surface area contributed by atoms with E-state index in [0.29, 0.717) is 45.7 Å². The normalized spacial score (nSPS) is 23.0. The number of ether oxygens (including phenoxy) is 1. The number of methoxy groups -OCH3 is 1. The molecule has 2 aromatic heterocycles. The van der Waals surface area contributed by atoms with Crippen LogP contribution in [0.3, 0.4) is 0 Å². The molecule has 2 saturated heterocycles. The minimum atomic E-state index is -1.13. The fourth-order valence-electron chi connectivity index (χ4n) is 6.76. The second kappa shape index (κ2) is 11.0. The summed E-state index contributed by atoms with van der Waals surface area (Å²) >= 11 is 1.33. The van der Waals surface area contributed by atoms with E-state index in [1.807, 2.05) is 30.3 Å². The molecule has 0 bridgehead atoms. The number of nitrogens with zero attached hydrogens (tertiary/aromatic N) is 2. The van der Waals surface area contributed by atoms with Gasteiger partial charge in [-0.15, -0.1) is 11.3 Å². The number of thiophene rings is 1. The zero-order chi connectivity index (χ0) is 31.6. The minimum absolute atomic E-state index is 0.0708. The molecule has 10 heteroatoms. The number of hydrogen-bond donors (Lipinski definition) is 0. The molecule has 1 aliphatic carbocycles. The van der Waals surface area contributed by atoms with Gasteiger partial charge >= 0.3 is 5.97 Å². The van der Waals surface area contributed by atoms with Crippen LogP contribution >= 0.6 is 11.3 Å². The Bertz CT molecular complexity index is 1790. The lowest BCUT2D eigenvalue weighted by molar-refractivity contribution is -0.126. The Hall–Kier alpha value is -4.28. The first-order valence-electron chi connectivity index (χ1n) is 15.0. The zero-order valence-electron chi connectivity index (χ0n) is 25.4. The van der Waals surface area contributed by atoms with Crippen molar-refractivity contribution in [1.82, 2.24) is 0 Å². The molecule has 2 amide bonds. The molecule has 4 heterocycles. The fraction of sp³-hybridized carbons (Fsp3) is 0.343. The monoisotopic (exact) mass is 628 g/mol. The third kappa shape index (κ3) is 4.87. The number of hydrogen-bond acceptors (Lipinski definition) is 8. The maximum atomic E-state index is 14.4. The molecule has 2 aliphatic heterocycles. The zero-order valence-corrected chi connectivity index (χ0v) is 26.2. The Morgan fingerprint density at radius 3 is 2.42 bits per heavy atom. The van der Waals surface area contributed by atoms with Gasteiger partial charge in [-0.3, -0.25) is 14.4 Å². The maximum Gasteiger partial charge on any atom is 0.341 e. The fourth-order valence-corrected chi connectivity index (χ4v) is 8.19. The second-order valence-electron chi connectivity index (χ2n) is 12.9. The van der Waals surface area contributed by atoms with Crippen molar-refractivity contribution in [2.75, 3.05) is 17.1 Å². The second-order valence-corrected chi connectivity index (χ2v) is 13.9. The number of furan rings is 1. The summed E-state index contributed by atoms with van der Waals surface area (Å²) in [4.78, 5) is 50.2. The molecule has 3 aliphatic rings. The number of benzene rings is 2. The summed E-state index contributed by atoms with van der Waals surface area (Å²) in [7, 11) is 1.31. The summed E-state index contributed by atoms with van der Waals surface area (Å²) in [5.74, 6) is -1.57. The average molecular weight is 629 g/mol. The number of anilines is 2. The minimum Gasteiger partial charge on any atom is -0.465 e. The van der Waals surface area contributed by atoms with Crippen LogP contribution in [0.25, 0.3) is 11.3 Å². The SMILES string of the molecule is COC(=O)c1c(N2C(=O)C3ON(c4ccccc4)C(c4ccc(-c5ccc(F)cc5)o4)C3C2=O)sc2c1CCC(C(C)(C)C)C2. The van der Waals surface area contributed by atoms with E-state index in [2.05, 4.69) is 20.8 Å². The molecule has 7 rings (SSSR count). The topological polar surface area (TPSA) is 89.3 Å². The summed E-state index contributed by atoms with van der Waals surface area (Å²) in [6.07, 6.45) is 1.20. The first-order chi connectivity index (χ1) is 21.6. The number of esters is 1. The molecule has 0 saturated carbocycles. The van der Waals surface area contributed by atoms with Gasteiger partial charge in [0.15, 0.2) is 6.10 Å². The van der Waals surface area contributed by atoms with Crippen LogP contribution in [0.5, 0.6) is 0 Å². The summed E-state index contributed by atoms with van der Waals surface area (Å²) < 4.78 is 25.0. The highest BCUT2D eigenvalue weighted by atomic mass is 32.1. The van der Waals surface area contributed by atoms with Crippen LogP contribution in [0, 0.1) is 23.1 Å². The van der Waals surface area contributed by atoms with Crippen LogP contribution in [0.1, 0.15) is 59.8 Å². The third-order valence-electron chi connectivity index (χ3n) is 9.24. The van der Waals surface area contributed by atoms with Crippen LogP contribution in [-0.2, 0) is 32.0 Å². The number of fused-ring (bicyclic) bond motifs is 2. The third-order valence-corrected chi connectivity index (χ3v) is 10.5. The Labute approximate surface area is 264 Å². The first kappa shape index (κ1) is 29.4. The summed E-state index contributed by atoms with van der Waals surface area (Å²) in [6.45, 7) is 6.62. The summed E-state index contributed by atoms with van der Waals surface area (Å²) in [5, 5.41) is 1.86. The van der Waals surface area contributed by atoms with Crippen LogP contribution in [0.2, 0.25) is 0 Å². The average Bonchev–Trinajstić information content (AvgIpc) is 3.79. The largest absolute Gasteiger partial charge is 0.465 e. The molecule has 4 atom stereocenters. The number of rotatable bonds is 5. The van der Waals surface area contributed by atoms with E-state index < -0.39 is 35.8 Å². The molecule has 4 unspecified atom stereocenters. The molecule has 0 radical (unpaired) electrons. The molecule has 45 heavy (non-hydrogen) atoms. The molecule has 4 aromatic rings. The number of para-hydroxylation sites is 1. The van der Waals surface area contributed by atoms with E-state index in [-0.39, 0.29) is 11.2 Å². The van der Waals surface area contributed by atoms with Gasteiger partial charge in [0, 0.05) is 10.4 Å². The number of hydroxylamine groups is 1. The molecular formula is C35H33FN2O6S. The van der Waals surface area contributed by atoms with Gasteiger partial charge in [0.2, 0.25) is 5.91 Å². The van der Waals surface area contributed by atoms with Crippen molar-refractivity contribution < 1.29 is 32.8 Å². The maximum absolute atomic E-state index is 14.4. The van der Waals surface area contributed by atoms with E-state index in [0.717, 1.165) is 28.2 Å². The Balaban J connectivity index is 1.29. The number of carbonyl (C=O) groups is 3.